The third-order valence-corrected chi connectivity index (χ3v) is 6.86. The molecule has 0 spiro atoms. The number of hydrogen-bond acceptors (Lipinski definition) is 4. The van der Waals surface area contributed by atoms with Crippen molar-refractivity contribution in [3.63, 3.8) is 0 Å². The molecular formula is C28H35N3O2. The lowest BCUT2D eigenvalue weighted by Crippen LogP contribution is -2.46. The number of carbonyl (C=O) groups excluding carboxylic acids is 1. The van der Waals surface area contributed by atoms with Gasteiger partial charge in [-0.15, -0.1) is 0 Å². The minimum Gasteiger partial charge on any atom is -0.452 e. The summed E-state index contributed by atoms with van der Waals surface area (Å²) in [6, 6.07) is 21.6. The van der Waals surface area contributed by atoms with Crippen LogP contribution in [0.5, 0.6) is 0 Å². The Morgan fingerprint density at radius 1 is 0.848 bits per heavy atom. The number of rotatable bonds is 3. The van der Waals surface area contributed by atoms with Crippen LogP contribution in [0.1, 0.15) is 44.0 Å². The summed E-state index contributed by atoms with van der Waals surface area (Å²) in [6.45, 7) is 6.42. The molecule has 0 N–H and O–H groups in total. The molecule has 174 valence electrons. The molecule has 2 aliphatic rings. The molecule has 33 heavy (non-hydrogen) atoms. The van der Waals surface area contributed by atoms with Crippen molar-refractivity contribution in [1.29, 1.82) is 0 Å². The van der Waals surface area contributed by atoms with Gasteiger partial charge in [-0.1, -0.05) is 93.6 Å². The number of benzene rings is 2. The lowest BCUT2D eigenvalue weighted by Gasteiger charge is -2.39. The number of amides is 1. The van der Waals surface area contributed by atoms with Crippen LogP contribution < -0.4 is 0 Å². The number of carbonyl (C=O) groups is 1. The predicted molar refractivity (Wildman–Crippen MR) is 132 cm³/mol. The maximum Gasteiger partial charge on any atom is 0.414 e. The average molecular weight is 446 g/mol. The average Bonchev–Trinajstić information content (AvgIpc) is 3.08. The van der Waals surface area contributed by atoms with E-state index in [9.17, 15) is 4.79 Å². The molecule has 5 heteroatoms. The number of nitrogens with zero attached hydrogens (tertiary/aromatic N) is 3. The Bertz CT molecular complexity index is 975. The van der Waals surface area contributed by atoms with Gasteiger partial charge in [0, 0.05) is 11.8 Å². The third kappa shape index (κ3) is 4.35. The maximum atomic E-state index is 12.7. The van der Waals surface area contributed by atoms with Gasteiger partial charge in [0.1, 0.15) is 0 Å². The fourth-order valence-electron chi connectivity index (χ4n) is 5.35. The first-order chi connectivity index (χ1) is 15.7. The first-order valence-electron chi connectivity index (χ1n) is 11.5. The van der Waals surface area contributed by atoms with Crippen molar-refractivity contribution < 1.29 is 9.53 Å². The fourth-order valence-corrected chi connectivity index (χ4v) is 5.35. The van der Waals surface area contributed by atoms with Crippen molar-refractivity contribution in [1.82, 2.24) is 14.7 Å². The molecule has 4 rings (SSSR count). The highest BCUT2D eigenvalue weighted by Crippen LogP contribution is 2.47. The second kappa shape index (κ2) is 9.16. The van der Waals surface area contributed by atoms with Crippen molar-refractivity contribution in [3.05, 3.63) is 95.7 Å². The molecular weight excluding hydrogens is 410 g/mol. The molecule has 0 saturated carbocycles. The SMILES string of the molecule is COC(=O)N1C=C(C2N(C)[C@@H](c3ccccc3)[C@H](c3ccccc3)N2C)C=CC1C(C)(C)C. The van der Waals surface area contributed by atoms with E-state index in [2.05, 4.69) is 117 Å². The van der Waals surface area contributed by atoms with E-state index >= 15 is 0 Å². The van der Waals surface area contributed by atoms with Gasteiger partial charge in [0.2, 0.25) is 0 Å². The molecule has 1 unspecified atom stereocenters. The van der Waals surface area contributed by atoms with Gasteiger partial charge in [-0.3, -0.25) is 14.7 Å². The second-order valence-electron chi connectivity index (χ2n) is 10.1. The molecule has 2 heterocycles. The highest BCUT2D eigenvalue weighted by molar-refractivity contribution is 5.70. The maximum absolute atomic E-state index is 12.7. The zero-order chi connectivity index (χ0) is 23.8. The Balaban J connectivity index is 1.77. The quantitative estimate of drug-likeness (QED) is 0.615. The van der Waals surface area contributed by atoms with Crippen molar-refractivity contribution in [2.45, 2.75) is 45.1 Å². The van der Waals surface area contributed by atoms with Gasteiger partial charge in [-0.2, -0.15) is 0 Å². The summed E-state index contributed by atoms with van der Waals surface area (Å²) in [5.41, 5.74) is 3.52. The zero-order valence-corrected chi connectivity index (χ0v) is 20.5. The number of likely N-dealkylation sites (N-methyl/N-ethyl adjacent to an activating group) is 2. The molecule has 0 radical (unpaired) electrons. The highest BCUT2D eigenvalue weighted by Gasteiger charge is 2.46. The van der Waals surface area contributed by atoms with E-state index in [0.717, 1.165) is 5.57 Å². The van der Waals surface area contributed by atoms with Crippen LogP contribution in [0.2, 0.25) is 0 Å². The summed E-state index contributed by atoms with van der Waals surface area (Å²) < 4.78 is 5.14. The summed E-state index contributed by atoms with van der Waals surface area (Å²) >= 11 is 0. The molecule has 1 fully saturated rings. The van der Waals surface area contributed by atoms with E-state index in [1.54, 1.807) is 4.90 Å². The zero-order valence-electron chi connectivity index (χ0n) is 20.5. The normalized spacial score (nSPS) is 24.7. The minimum atomic E-state index is -0.334. The van der Waals surface area contributed by atoms with Gasteiger partial charge in [0.15, 0.2) is 0 Å². The summed E-state index contributed by atoms with van der Waals surface area (Å²) in [7, 11) is 5.79. The molecule has 1 saturated heterocycles. The van der Waals surface area contributed by atoms with Crippen molar-refractivity contribution in [2.75, 3.05) is 21.2 Å². The second-order valence-corrected chi connectivity index (χ2v) is 10.1. The van der Waals surface area contributed by atoms with Crippen LogP contribution in [0.4, 0.5) is 4.79 Å². The number of methoxy groups -OCH3 is 1. The highest BCUT2D eigenvalue weighted by atomic mass is 16.5. The van der Waals surface area contributed by atoms with E-state index in [4.69, 9.17) is 4.74 Å². The lowest BCUT2D eigenvalue weighted by molar-refractivity contribution is 0.107. The van der Waals surface area contributed by atoms with Crippen molar-refractivity contribution >= 4 is 6.09 Å². The summed E-state index contributed by atoms with van der Waals surface area (Å²) in [5.74, 6) is 0. The molecule has 2 aromatic rings. The van der Waals surface area contributed by atoms with Crippen LogP contribution in [0, 0.1) is 5.41 Å². The topological polar surface area (TPSA) is 36.0 Å². The van der Waals surface area contributed by atoms with E-state index in [1.165, 1.54) is 18.2 Å². The van der Waals surface area contributed by atoms with Crippen LogP contribution in [0.15, 0.2) is 84.6 Å². The van der Waals surface area contributed by atoms with Crippen LogP contribution in [-0.2, 0) is 4.74 Å². The largest absolute Gasteiger partial charge is 0.452 e. The Labute approximate surface area is 197 Å². The third-order valence-electron chi connectivity index (χ3n) is 6.86. The standard InChI is InChI=1S/C28H35N3O2/c1-28(2,3)23-18-17-22(19-31(23)27(32)33-6)26-29(4)24(20-13-9-7-10-14-20)25(30(26)5)21-15-11-8-12-16-21/h7-19,23-26H,1-6H3/t23?,24-,25-/m0/s1. The summed E-state index contributed by atoms with van der Waals surface area (Å²) in [4.78, 5) is 19.3. The molecule has 0 bridgehead atoms. The first kappa shape index (κ1) is 23.3. The molecule has 1 amide bonds. The van der Waals surface area contributed by atoms with Gasteiger partial charge < -0.3 is 4.74 Å². The van der Waals surface area contributed by atoms with Crippen molar-refractivity contribution in [2.24, 2.45) is 5.41 Å². The fraction of sp³-hybridized carbons (Fsp3) is 0.393. The lowest BCUT2D eigenvalue weighted by atomic mass is 9.84. The molecule has 5 nitrogen and oxygen atoms in total. The number of hydrogen-bond donors (Lipinski definition) is 0. The van der Waals surface area contributed by atoms with Gasteiger partial charge in [-0.05, 0) is 30.6 Å². The first-order valence-corrected chi connectivity index (χ1v) is 11.5. The van der Waals surface area contributed by atoms with Gasteiger partial charge in [0.05, 0.1) is 31.4 Å². The molecule has 2 aromatic carbocycles. The van der Waals surface area contributed by atoms with Gasteiger partial charge in [-0.25, -0.2) is 4.79 Å². The molecule has 3 atom stereocenters. The number of ether oxygens (including phenoxy) is 1. The smallest absolute Gasteiger partial charge is 0.414 e. The van der Waals surface area contributed by atoms with Crippen molar-refractivity contribution in [3.8, 4) is 0 Å². The molecule has 0 aliphatic carbocycles. The van der Waals surface area contributed by atoms with E-state index < -0.39 is 0 Å². The van der Waals surface area contributed by atoms with E-state index in [-0.39, 0.29) is 35.8 Å². The Hall–Kier alpha value is -2.89. The summed E-state index contributed by atoms with van der Waals surface area (Å²) in [5, 5.41) is 0. The monoisotopic (exact) mass is 445 g/mol. The van der Waals surface area contributed by atoms with Crippen LogP contribution in [0.25, 0.3) is 0 Å². The predicted octanol–water partition coefficient (Wildman–Crippen LogP) is 5.61. The van der Waals surface area contributed by atoms with Gasteiger partial charge in [0.25, 0.3) is 0 Å². The van der Waals surface area contributed by atoms with Crippen LogP contribution in [0.3, 0.4) is 0 Å². The van der Waals surface area contributed by atoms with Crippen LogP contribution in [-0.4, -0.2) is 54.2 Å². The summed E-state index contributed by atoms with van der Waals surface area (Å²) in [6.07, 6.45) is 5.97. The Kier molecular flexibility index (Phi) is 6.46. The molecule has 0 aromatic heterocycles. The molecule has 2 aliphatic heterocycles. The van der Waals surface area contributed by atoms with Crippen LogP contribution >= 0.6 is 0 Å². The van der Waals surface area contributed by atoms with E-state index in [0.29, 0.717) is 0 Å². The Morgan fingerprint density at radius 3 is 1.76 bits per heavy atom. The van der Waals surface area contributed by atoms with Gasteiger partial charge >= 0.3 is 6.09 Å². The minimum absolute atomic E-state index is 0.00439. The van der Waals surface area contributed by atoms with E-state index in [1.807, 2.05) is 6.20 Å². The Morgan fingerprint density at radius 2 is 1.33 bits per heavy atom.